The lowest BCUT2D eigenvalue weighted by atomic mass is 10.3. The number of nitrogens with one attached hydrogen (secondary N) is 1. The summed E-state index contributed by atoms with van der Waals surface area (Å²) in [7, 11) is 0.274. The quantitative estimate of drug-likeness (QED) is 0.916. The first-order valence-electron chi connectivity index (χ1n) is 5.95. The van der Waals surface area contributed by atoms with Gasteiger partial charge in [-0.1, -0.05) is 12.1 Å². The zero-order valence-electron chi connectivity index (χ0n) is 11.2. The number of sulfonamides is 1. The summed E-state index contributed by atoms with van der Waals surface area (Å²) in [4.78, 5) is 2.17. The summed E-state index contributed by atoms with van der Waals surface area (Å²) >= 11 is 3.25. The lowest BCUT2D eigenvalue weighted by molar-refractivity contribution is 0.601. The SMILES string of the molecule is CN(C)c1ccc(NS(=O)(=O)c2ccccc2Br)cc1. The van der Waals surface area contributed by atoms with E-state index in [1.165, 1.54) is 0 Å². The molecule has 0 aliphatic rings. The second-order valence-electron chi connectivity index (χ2n) is 4.48. The van der Waals surface area contributed by atoms with Crippen molar-refractivity contribution < 1.29 is 8.42 Å². The smallest absolute Gasteiger partial charge is 0.263 e. The summed E-state index contributed by atoms with van der Waals surface area (Å²) < 4.78 is 27.7. The number of rotatable bonds is 4. The molecule has 0 atom stereocenters. The summed E-state index contributed by atoms with van der Waals surface area (Å²) in [5.41, 5.74) is 1.54. The van der Waals surface area contributed by atoms with Crippen molar-refractivity contribution in [3.8, 4) is 0 Å². The standard InChI is InChI=1S/C14H15BrN2O2S/c1-17(2)12-9-7-11(8-10-12)16-20(18,19)14-6-4-3-5-13(14)15/h3-10,16H,1-2H3. The Labute approximate surface area is 127 Å². The summed E-state index contributed by atoms with van der Waals surface area (Å²) in [6.07, 6.45) is 0. The van der Waals surface area contributed by atoms with Crippen LogP contribution in [0.1, 0.15) is 0 Å². The van der Waals surface area contributed by atoms with Crippen LogP contribution in [0.25, 0.3) is 0 Å². The van der Waals surface area contributed by atoms with Gasteiger partial charge in [0.15, 0.2) is 0 Å². The molecule has 0 saturated carbocycles. The highest BCUT2D eigenvalue weighted by Gasteiger charge is 2.16. The summed E-state index contributed by atoms with van der Waals surface area (Å²) in [6, 6.07) is 13.9. The van der Waals surface area contributed by atoms with Crippen molar-refractivity contribution >= 4 is 37.3 Å². The Morgan fingerprint density at radius 2 is 1.60 bits per heavy atom. The van der Waals surface area contributed by atoms with Gasteiger partial charge in [-0.25, -0.2) is 8.42 Å². The molecule has 2 rings (SSSR count). The fraction of sp³-hybridized carbons (Fsp3) is 0.143. The highest BCUT2D eigenvalue weighted by atomic mass is 79.9. The molecule has 0 spiro atoms. The van der Waals surface area contributed by atoms with Gasteiger partial charge in [-0.05, 0) is 52.3 Å². The fourth-order valence-electron chi connectivity index (χ4n) is 1.70. The summed E-state index contributed by atoms with van der Waals surface area (Å²) in [5, 5.41) is 0. The first-order chi connectivity index (χ1) is 9.40. The molecule has 0 fully saturated rings. The fourth-order valence-corrected chi connectivity index (χ4v) is 3.76. The highest BCUT2D eigenvalue weighted by molar-refractivity contribution is 9.10. The molecule has 2 aromatic rings. The van der Waals surface area contributed by atoms with Crippen LogP contribution >= 0.6 is 15.9 Å². The molecule has 106 valence electrons. The molecule has 0 unspecified atom stereocenters. The number of hydrogen-bond acceptors (Lipinski definition) is 3. The van der Waals surface area contributed by atoms with Crippen molar-refractivity contribution in [2.24, 2.45) is 0 Å². The summed E-state index contributed by atoms with van der Waals surface area (Å²) in [5.74, 6) is 0. The van der Waals surface area contributed by atoms with Crippen LogP contribution in [-0.2, 0) is 10.0 Å². The monoisotopic (exact) mass is 354 g/mol. The van der Waals surface area contributed by atoms with Gasteiger partial charge in [0.05, 0.1) is 0 Å². The van der Waals surface area contributed by atoms with Gasteiger partial charge in [0, 0.05) is 29.9 Å². The Balaban J connectivity index is 2.27. The van der Waals surface area contributed by atoms with Crippen molar-refractivity contribution in [3.05, 3.63) is 53.0 Å². The van der Waals surface area contributed by atoms with E-state index in [4.69, 9.17) is 0 Å². The zero-order chi connectivity index (χ0) is 14.8. The molecule has 2 aromatic carbocycles. The van der Waals surface area contributed by atoms with Crippen molar-refractivity contribution in [1.82, 2.24) is 0 Å². The van der Waals surface area contributed by atoms with Gasteiger partial charge >= 0.3 is 0 Å². The number of hydrogen-bond donors (Lipinski definition) is 1. The number of benzene rings is 2. The minimum atomic E-state index is -3.59. The van der Waals surface area contributed by atoms with Gasteiger partial charge in [-0.3, -0.25) is 4.72 Å². The third kappa shape index (κ3) is 3.32. The van der Waals surface area contributed by atoms with E-state index in [-0.39, 0.29) is 4.90 Å². The predicted molar refractivity (Wildman–Crippen MR) is 85.7 cm³/mol. The van der Waals surface area contributed by atoms with Gasteiger partial charge in [-0.15, -0.1) is 0 Å². The molecule has 4 nitrogen and oxygen atoms in total. The minimum absolute atomic E-state index is 0.219. The van der Waals surface area contributed by atoms with Gasteiger partial charge < -0.3 is 4.90 Å². The Morgan fingerprint density at radius 1 is 1.00 bits per heavy atom. The molecule has 0 aliphatic heterocycles. The van der Waals surface area contributed by atoms with Crippen LogP contribution in [0.2, 0.25) is 0 Å². The Kier molecular flexibility index (Phi) is 4.35. The molecular formula is C14H15BrN2O2S. The first kappa shape index (κ1) is 14.9. The van der Waals surface area contributed by atoms with E-state index >= 15 is 0 Å². The zero-order valence-corrected chi connectivity index (χ0v) is 13.6. The van der Waals surface area contributed by atoms with E-state index < -0.39 is 10.0 Å². The van der Waals surface area contributed by atoms with E-state index in [0.29, 0.717) is 10.2 Å². The average Bonchev–Trinajstić information content (AvgIpc) is 2.39. The molecule has 0 aromatic heterocycles. The Bertz CT molecular complexity index is 697. The van der Waals surface area contributed by atoms with Gasteiger partial charge in [0.25, 0.3) is 10.0 Å². The lowest BCUT2D eigenvalue weighted by Crippen LogP contribution is -2.14. The molecule has 20 heavy (non-hydrogen) atoms. The van der Waals surface area contributed by atoms with E-state index in [1.807, 2.05) is 31.1 Å². The molecule has 0 bridgehead atoms. The Hall–Kier alpha value is -1.53. The number of nitrogens with zero attached hydrogens (tertiary/aromatic N) is 1. The third-order valence-electron chi connectivity index (χ3n) is 2.76. The van der Waals surface area contributed by atoms with Crippen molar-refractivity contribution in [3.63, 3.8) is 0 Å². The van der Waals surface area contributed by atoms with Gasteiger partial charge in [-0.2, -0.15) is 0 Å². The second kappa shape index (κ2) is 5.85. The molecule has 0 radical (unpaired) electrons. The van der Waals surface area contributed by atoms with Crippen LogP contribution < -0.4 is 9.62 Å². The highest BCUT2D eigenvalue weighted by Crippen LogP contribution is 2.24. The van der Waals surface area contributed by atoms with E-state index in [9.17, 15) is 8.42 Å². The normalized spacial score (nSPS) is 11.2. The largest absolute Gasteiger partial charge is 0.378 e. The maximum absolute atomic E-state index is 12.3. The first-order valence-corrected chi connectivity index (χ1v) is 8.22. The maximum Gasteiger partial charge on any atom is 0.263 e. The molecule has 6 heteroatoms. The maximum atomic E-state index is 12.3. The van der Waals surface area contributed by atoms with Crippen LogP contribution in [-0.4, -0.2) is 22.5 Å². The number of halogens is 1. The molecule has 0 heterocycles. The van der Waals surface area contributed by atoms with Crippen molar-refractivity contribution in [2.75, 3.05) is 23.7 Å². The third-order valence-corrected chi connectivity index (χ3v) is 5.16. The van der Waals surface area contributed by atoms with Crippen molar-refractivity contribution in [2.45, 2.75) is 4.90 Å². The van der Waals surface area contributed by atoms with E-state index in [1.54, 1.807) is 36.4 Å². The topological polar surface area (TPSA) is 49.4 Å². The molecule has 0 aliphatic carbocycles. The molecule has 1 N–H and O–H groups in total. The summed E-state index contributed by atoms with van der Waals surface area (Å²) in [6.45, 7) is 0. The average molecular weight is 355 g/mol. The molecule has 0 amide bonds. The van der Waals surface area contributed by atoms with Crippen LogP contribution in [0.5, 0.6) is 0 Å². The van der Waals surface area contributed by atoms with Gasteiger partial charge in [0.1, 0.15) is 4.90 Å². The molecule has 0 saturated heterocycles. The van der Waals surface area contributed by atoms with Crippen LogP contribution in [0.4, 0.5) is 11.4 Å². The predicted octanol–water partition coefficient (Wildman–Crippen LogP) is 3.32. The minimum Gasteiger partial charge on any atom is -0.378 e. The van der Waals surface area contributed by atoms with Gasteiger partial charge in [0.2, 0.25) is 0 Å². The van der Waals surface area contributed by atoms with Crippen LogP contribution in [0, 0.1) is 0 Å². The van der Waals surface area contributed by atoms with Crippen LogP contribution in [0.3, 0.4) is 0 Å². The van der Waals surface area contributed by atoms with E-state index in [0.717, 1.165) is 5.69 Å². The lowest BCUT2D eigenvalue weighted by Gasteiger charge is -2.14. The molecular weight excluding hydrogens is 340 g/mol. The van der Waals surface area contributed by atoms with Crippen LogP contribution in [0.15, 0.2) is 57.9 Å². The second-order valence-corrected chi connectivity index (χ2v) is 6.98. The van der Waals surface area contributed by atoms with Crippen molar-refractivity contribution in [1.29, 1.82) is 0 Å². The Morgan fingerprint density at radius 3 is 2.15 bits per heavy atom. The van der Waals surface area contributed by atoms with E-state index in [2.05, 4.69) is 20.7 Å². The number of anilines is 2.